The molecule has 2 N–H and O–H groups in total. The lowest BCUT2D eigenvalue weighted by Crippen LogP contribution is -3.14. The minimum absolute atomic E-state index is 0.0795. The summed E-state index contributed by atoms with van der Waals surface area (Å²) in [6, 6.07) is 17.2. The summed E-state index contributed by atoms with van der Waals surface area (Å²) in [6.45, 7) is 5.01. The van der Waals surface area contributed by atoms with Crippen LogP contribution in [0, 0.1) is 5.92 Å². The second-order valence-electron chi connectivity index (χ2n) is 6.62. The number of rotatable bonds is 5. The number of amides is 1. The van der Waals surface area contributed by atoms with Gasteiger partial charge in [0.15, 0.2) is 6.54 Å². The molecule has 2 aromatic rings. The zero-order chi connectivity index (χ0) is 16.8. The van der Waals surface area contributed by atoms with Gasteiger partial charge in [-0.3, -0.25) is 4.79 Å². The van der Waals surface area contributed by atoms with Crippen LogP contribution in [-0.4, -0.2) is 25.5 Å². The number of anilines is 1. The molecule has 126 valence electrons. The van der Waals surface area contributed by atoms with Gasteiger partial charge in [-0.1, -0.05) is 25.1 Å². The lowest BCUT2D eigenvalue weighted by Gasteiger charge is -2.27. The molecule has 2 atom stereocenters. The predicted molar refractivity (Wildman–Crippen MR) is 95.5 cm³/mol. The summed E-state index contributed by atoms with van der Waals surface area (Å²) in [4.78, 5) is 13.6. The van der Waals surface area contributed by atoms with Crippen molar-refractivity contribution in [3.05, 3.63) is 54.6 Å². The van der Waals surface area contributed by atoms with Crippen molar-refractivity contribution in [3.63, 3.8) is 0 Å². The smallest absolute Gasteiger partial charge is 0.279 e. The normalized spacial score (nSPS) is 20.4. The summed E-state index contributed by atoms with van der Waals surface area (Å²) in [5.41, 5.74) is 0.810. The molecule has 1 aliphatic rings. The monoisotopic (exact) mass is 325 g/mol. The van der Waals surface area contributed by atoms with Crippen LogP contribution in [0.5, 0.6) is 11.5 Å². The van der Waals surface area contributed by atoms with Gasteiger partial charge in [0.25, 0.3) is 5.91 Å². The fraction of sp³-hybridized carbons (Fsp3) is 0.350. The van der Waals surface area contributed by atoms with Gasteiger partial charge in [-0.2, -0.15) is 0 Å². The summed E-state index contributed by atoms with van der Waals surface area (Å²) in [7, 11) is 0. The van der Waals surface area contributed by atoms with Gasteiger partial charge < -0.3 is 15.0 Å². The van der Waals surface area contributed by atoms with E-state index < -0.39 is 0 Å². The average Bonchev–Trinajstić information content (AvgIpc) is 2.57. The fourth-order valence-corrected chi connectivity index (χ4v) is 3.22. The third-order valence-corrected chi connectivity index (χ3v) is 4.39. The number of likely N-dealkylation sites (tertiary alicyclic amines) is 1. The van der Waals surface area contributed by atoms with Crippen molar-refractivity contribution in [2.45, 2.75) is 19.8 Å². The number of carbonyl (C=O) groups is 1. The Hall–Kier alpha value is -2.33. The summed E-state index contributed by atoms with van der Waals surface area (Å²) >= 11 is 0. The summed E-state index contributed by atoms with van der Waals surface area (Å²) in [6.07, 6.45) is 2.50. The van der Waals surface area contributed by atoms with Gasteiger partial charge >= 0.3 is 0 Å². The third kappa shape index (κ3) is 4.83. The van der Waals surface area contributed by atoms with Gasteiger partial charge in [0.1, 0.15) is 11.5 Å². The molecule has 4 nitrogen and oxygen atoms in total. The molecule has 0 aliphatic carbocycles. The molecule has 24 heavy (non-hydrogen) atoms. The lowest BCUT2D eigenvalue weighted by atomic mass is 10.0. The summed E-state index contributed by atoms with van der Waals surface area (Å²) in [5, 5.41) is 2.98. The Labute approximate surface area is 143 Å². The van der Waals surface area contributed by atoms with E-state index in [0.717, 1.165) is 36.2 Å². The second kappa shape index (κ2) is 7.97. The van der Waals surface area contributed by atoms with E-state index in [0.29, 0.717) is 6.54 Å². The minimum Gasteiger partial charge on any atom is -0.457 e. The first-order valence-corrected chi connectivity index (χ1v) is 8.65. The van der Waals surface area contributed by atoms with Crippen LogP contribution in [0.2, 0.25) is 0 Å². The molecule has 1 aliphatic heterocycles. The first-order chi connectivity index (χ1) is 11.7. The first-order valence-electron chi connectivity index (χ1n) is 8.65. The molecule has 0 aromatic heterocycles. The number of para-hydroxylation sites is 1. The zero-order valence-electron chi connectivity index (χ0n) is 14.1. The Balaban J connectivity index is 1.51. The van der Waals surface area contributed by atoms with Crippen molar-refractivity contribution in [1.82, 2.24) is 0 Å². The molecule has 1 heterocycles. The van der Waals surface area contributed by atoms with Crippen LogP contribution in [0.1, 0.15) is 19.8 Å². The van der Waals surface area contributed by atoms with Crippen LogP contribution in [-0.2, 0) is 4.79 Å². The molecule has 0 bridgehead atoms. The molecular formula is C20H25N2O2+. The van der Waals surface area contributed by atoms with Crippen molar-refractivity contribution in [2.75, 3.05) is 25.0 Å². The van der Waals surface area contributed by atoms with Crippen molar-refractivity contribution in [1.29, 1.82) is 0 Å². The predicted octanol–water partition coefficient (Wildman–Crippen LogP) is 2.73. The highest BCUT2D eigenvalue weighted by molar-refractivity contribution is 5.91. The maximum absolute atomic E-state index is 12.2. The molecule has 0 spiro atoms. The average molecular weight is 325 g/mol. The van der Waals surface area contributed by atoms with Crippen molar-refractivity contribution >= 4 is 11.6 Å². The van der Waals surface area contributed by atoms with E-state index in [1.165, 1.54) is 17.7 Å². The van der Waals surface area contributed by atoms with Crippen LogP contribution >= 0.6 is 0 Å². The van der Waals surface area contributed by atoms with Crippen molar-refractivity contribution < 1.29 is 14.4 Å². The Morgan fingerprint density at radius 2 is 1.83 bits per heavy atom. The third-order valence-electron chi connectivity index (χ3n) is 4.39. The van der Waals surface area contributed by atoms with E-state index >= 15 is 0 Å². The highest BCUT2D eigenvalue weighted by Gasteiger charge is 2.21. The Bertz CT molecular complexity index is 655. The van der Waals surface area contributed by atoms with E-state index in [1.54, 1.807) is 0 Å². The minimum atomic E-state index is 0.0795. The van der Waals surface area contributed by atoms with Gasteiger partial charge in [0, 0.05) is 11.6 Å². The number of piperidine rings is 1. The quantitative estimate of drug-likeness (QED) is 0.888. The van der Waals surface area contributed by atoms with E-state index in [4.69, 9.17) is 4.74 Å². The highest BCUT2D eigenvalue weighted by Crippen LogP contribution is 2.22. The topological polar surface area (TPSA) is 42.8 Å². The van der Waals surface area contributed by atoms with E-state index in [2.05, 4.69) is 12.2 Å². The van der Waals surface area contributed by atoms with Gasteiger partial charge in [-0.15, -0.1) is 0 Å². The molecule has 3 rings (SSSR count). The standard InChI is InChI=1S/C20H24N2O2/c1-16-6-5-13-22(14-16)15-20(23)21-17-9-11-19(12-10-17)24-18-7-3-2-4-8-18/h2-4,7-12,16H,5-6,13-15H2,1H3,(H,21,23)/p+1/t16-/m1/s1. The lowest BCUT2D eigenvalue weighted by molar-refractivity contribution is -0.900. The van der Waals surface area contributed by atoms with Crippen LogP contribution in [0.25, 0.3) is 0 Å². The van der Waals surface area contributed by atoms with E-state index in [1.807, 2.05) is 54.6 Å². The molecule has 0 radical (unpaired) electrons. The van der Waals surface area contributed by atoms with Crippen LogP contribution in [0.15, 0.2) is 54.6 Å². The fourth-order valence-electron chi connectivity index (χ4n) is 3.22. The molecule has 1 fully saturated rings. The summed E-state index contributed by atoms with van der Waals surface area (Å²) in [5.74, 6) is 2.36. The molecule has 1 amide bonds. The largest absolute Gasteiger partial charge is 0.457 e. The van der Waals surface area contributed by atoms with Crippen LogP contribution in [0.4, 0.5) is 5.69 Å². The molecule has 0 saturated carbocycles. The molecule has 1 saturated heterocycles. The number of benzene rings is 2. The van der Waals surface area contributed by atoms with Crippen LogP contribution < -0.4 is 15.0 Å². The maximum atomic E-state index is 12.2. The molecular weight excluding hydrogens is 300 g/mol. The van der Waals surface area contributed by atoms with Crippen molar-refractivity contribution in [3.8, 4) is 11.5 Å². The summed E-state index contributed by atoms with van der Waals surface area (Å²) < 4.78 is 5.75. The Morgan fingerprint density at radius 1 is 1.12 bits per heavy atom. The van der Waals surface area contributed by atoms with Gasteiger partial charge in [-0.25, -0.2) is 0 Å². The molecule has 2 aromatic carbocycles. The number of quaternary nitrogens is 1. The van der Waals surface area contributed by atoms with Crippen molar-refractivity contribution in [2.24, 2.45) is 5.92 Å². The molecule has 1 unspecified atom stereocenters. The van der Waals surface area contributed by atoms with Gasteiger partial charge in [0.05, 0.1) is 13.1 Å². The SMILES string of the molecule is C[C@@H]1CCC[NH+](CC(=O)Nc2ccc(Oc3ccccc3)cc2)C1. The van der Waals surface area contributed by atoms with Crippen LogP contribution in [0.3, 0.4) is 0 Å². The van der Waals surface area contributed by atoms with Gasteiger partial charge in [-0.05, 0) is 49.2 Å². The number of carbonyl (C=O) groups excluding carboxylic acids is 1. The van der Waals surface area contributed by atoms with Gasteiger partial charge in [0.2, 0.25) is 0 Å². The number of hydrogen-bond acceptors (Lipinski definition) is 2. The first kappa shape index (κ1) is 16.5. The maximum Gasteiger partial charge on any atom is 0.279 e. The number of nitrogens with one attached hydrogen (secondary N) is 2. The van der Waals surface area contributed by atoms with E-state index in [9.17, 15) is 4.79 Å². The number of hydrogen-bond donors (Lipinski definition) is 2. The second-order valence-corrected chi connectivity index (χ2v) is 6.62. The number of ether oxygens (including phenoxy) is 1. The van der Waals surface area contributed by atoms with E-state index in [-0.39, 0.29) is 5.91 Å². The molecule has 4 heteroatoms. The Kier molecular flexibility index (Phi) is 5.49. The highest BCUT2D eigenvalue weighted by atomic mass is 16.5. The zero-order valence-corrected chi connectivity index (χ0v) is 14.1. The Morgan fingerprint density at radius 3 is 2.54 bits per heavy atom.